The van der Waals surface area contributed by atoms with Crippen LogP contribution in [0.5, 0.6) is 11.5 Å². The molecule has 0 heterocycles. The second-order valence-corrected chi connectivity index (χ2v) is 3.17. The number of phenolic OH excluding ortho intramolecular Hbond substituents is 1. The van der Waals surface area contributed by atoms with E-state index >= 15 is 0 Å². The van der Waals surface area contributed by atoms with E-state index in [-0.39, 0.29) is 23.0 Å². The number of hydrogen-bond acceptors (Lipinski definition) is 4. The van der Waals surface area contributed by atoms with E-state index in [0.29, 0.717) is 6.54 Å². The van der Waals surface area contributed by atoms with Crippen molar-refractivity contribution in [1.29, 1.82) is 0 Å². The van der Waals surface area contributed by atoms with Gasteiger partial charge in [-0.2, -0.15) is 0 Å². The molecule has 1 rings (SSSR count). The summed E-state index contributed by atoms with van der Waals surface area (Å²) in [6, 6.07) is 3.97. The maximum absolute atomic E-state index is 11.5. The smallest absolute Gasteiger partial charge is 0.308 e. The Morgan fingerprint density at radius 1 is 1.38 bits per heavy atom. The molecule has 0 spiro atoms. The molecule has 0 aromatic heterocycles. The lowest BCUT2D eigenvalue weighted by Crippen LogP contribution is -2.22. The van der Waals surface area contributed by atoms with Crippen molar-refractivity contribution in [2.45, 2.75) is 13.8 Å². The van der Waals surface area contributed by atoms with Gasteiger partial charge in [-0.1, -0.05) is 0 Å². The summed E-state index contributed by atoms with van der Waals surface area (Å²) in [5.74, 6) is -0.812. The number of esters is 1. The van der Waals surface area contributed by atoms with Crippen LogP contribution in [0, 0.1) is 0 Å². The van der Waals surface area contributed by atoms with Crippen molar-refractivity contribution in [3.63, 3.8) is 0 Å². The molecule has 2 N–H and O–H groups in total. The van der Waals surface area contributed by atoms with E-state index in [4.69, 9.17) is 4.74 Å². The Kier molecular flexibility index (Phi) is 3.88. The van der Waals surface area contributed by atoms with Crippen LogP contribution in [0.1, 0.15) is 24.2 Å². The molecule has 0 saturated heterocycles. The number of carbonyl (C=O) groups excluding carboxylic acids is 2. The van der Waals surface area contributed by atoms with E-state index in [2.05, 4.69) is 5.32 Å². The average Bonchev–Trinajstić information content (AvgIpc) is 2.15. The van der Waals surface area contributed by atoms with Crippen molar-refractivity contribution < 1.29 is 19.4 Å². The first-order valence-electron chi connectivity index (χ1n) is 4.83. The molecule has 0 atom stereocenters. The van der Waals surface area contributed by atoms with Gasteiger partial charge in [-0.3, -0.25) is 9.59 Å². The second kappa shape index (κ2) is 5.16. The van der Waals surface area contributed by atoms with Gasteiger partial charge in [-0.05, 0) is 19.1 Å². The van der Waals surface area contributed by atoms with Crippen molar-refractivity contribution in [3.8, 4) is 11.5 Å². The summed E-state index contributed by atoms with van der Waals surface area (Å²) >= 11 is 0. The van der Waals surface area contributed by atoms with Crippen LogP contribution in [-0.4, -0.2) is 23.5 Å². The molecular weight excluding hydrogens is 210 g/mol. The van der Waals surface area contributed by atoms with E-state index < -0.39 is 5.97 Å². The highest BCUT2D eigenvalue weighted by molar-refractivity contribution is 5.95. The standard InChI is InChI=1S/C11H13NO4/c1-3-12-11(15)8-4-9(14)6-10(5-8)16-7(2)13/h4-6,14H,3H2,1-2H3,(H,12,15). The summed E-state index contributed by atoms with van der Waals surface area (Å²) in [5, 5.41) is 11.9. The maximum Gasteiger partial charge on any atom is 0.308 e. The predicted octanol–water partition coefficient (Wildman–Crippen LogP) is 1.07. The molecule has 1 aromatic carbocycles. The lowest BCUT2D eigenvalue weighted by molar-refractivity contribution is -0.131. The Balaban J connectivity index is 2.97. The third kappa shape index (κ3) is 3.27. The van der Waals surface area contributed by atoms with Crippen molar-refractivity contribution in [1.82, 2.24) is 5.32 Å². The molecular formula is C11H13NO4. The number of nitrogens with one attached hydrogen (secondary N) is 1. The molecule has 0 aliphatic rings. The minimum absolute atomic E-state index is 0.125. The monoisotopic (exact) mass is 223 g/mol. The lowest BCUT2D eigenvalue weighted by atomic mass is 10.2. The maximum atomic E-state index is 11.5. The normalized spacial score (nSPS) is 9.62. The topological polar surface area (TPSA) is 75.6 Å². The van der Waals surface area contributed by atoms with Crippen LogP contribution in [0.3, 0.4) is 0 Å². The number of ether oxygens (including phenoxy) is 1. The fraction of sp³-hybridized carbons (Fsp3) is 0.273. The zero-order valence-electron chi connectivity index (χ0n) is 9.11. The number of rotatable bonds is 3. The number of amides is 1. The summed E-state index contributed by atoms with van der Waals surface area (Å²) in [6.07, 6.45) is 0. The third-order valence-corrected chi connectivity index (χ3v) is 1.75. The van der Waals surface area contributed by atoms with E-state index in [1.807, 2.05) is 0 Å². The molecule has 86 valence electrons. The van der Waals surface area contributed by atoms with Gasteiger partial charge in [0.2, 0.25) is 0 Å². The Morgan fingerprint density at radius 2 is 2.06 bits per heavy atom. The molecule has 0 aliphatic carbocycles. The predicted molar refractivity (Wildman–Crippen MR) is 57.4 cm³/mol. The highest BCUT2D eigenvalue weighted by atomic mass is 16.5. The molecule has 0 saturated carbocycles. The van der Waals surface area contributed by atoms with E-state index in [1.54, 1.807) is 6.92 Å². The summed E-state index contributed by atoms with van der Waals surface area (Å²) in [6.45, 7) is 3.51. The van der Waals surface area contributed by atoms with Gasteiger partial charge >= 0.3 is 5.97 Å². The van der Waals surface area contributed by atoms with Crippen LogP contribution >= 0.6 is 0 Å². The Labute approximate surface area is 93.0 Å². The van der Waals surface area contributed by atoms with Crippen molar-refractivity contribution >= 4 is 11.9 Å². The quantitative estimate of drug-likeness (QED) is 0.593. The van der Waals surface area contributed by atoms with E-state index in [9.17, 15) is 14.7 Å². The van der Waals surface area contributed by atoms with Gasteiger partial charge in [0.05, 0.1) is 0 Å². The molecule has 1 amide bonds. The van der Waals surface area contributed by atoms with Gasteiger partial charge in [0.1, 0.15) is 11.5 Å². The molecule has 0 aliphatic heterocycles. The lowest BCUT2D eigenvalue weighted by Gasteiger charge is -2.06. The van der Waals surface area contributed by atoms with Crippen LogP contribution in [0.4, 0.5) is 0 Å². The van der Waals surface area contributed by atoms with Crippen LogP contribution in [0.15, 0.2) is 18.2 Å². The minimum Gasteiger partial charge on any atom is -0.508 e. The van der Waals surface area contributed by atoms with Gasteiger partial charge in [0.25, 0.3) is 5.91 Å². The van der Waals surface area contributed by atoms with E-state index in [1.165, 1.54) is 25.1 Å². The van der Waals surface area contributed by atoms with E-state index in [0.717, 1.165) is 0 Å². The first kappa shape index (κ1) is 12.0. The van der Waals surface area contributed by atoms with Gasteiger partial charge in [0.15, 0.2) is 0 Å². The van der Waals surface area contributed by atoms with Crippen LogP contribution in [0.2, 0.25) is 0 Å². The van der Waals surface area contributed by atoms with Crippen LogP contribution in [0.25, 0.3) is 0 Å². The third-order valence-electron chi connectivity index (χ3n) is 1.75. The fourth-order valence-corrected chi connectivity index (χ4v) is 1.20. The minimum atomic E-state index is -0.507. The zero-order valence-corrected chi connectivity index (χ0v) is 9.11. The first-order chi connectivity index (χ1) is 7.52. The average molecular weight is 223 g/mol. The highest BCUT2D eigenvalue weighted by Crippen LogP contribution is 2.21. The van der Waals surface area contributed by atoms with Gasteiger partial charge in [-0.15, -0.1) is 0 Å². The number of benzene rings is 1. The zero-order chi connectivity index (χ0) is 12.1. The molecule has 5 heteroatoms. The van der Waals surface area contributed by atoms with Crippen LogP contribution < -0.4 is 10.1 Å². The summed E-state index contributed by atoms with van der Waals surface area (Å²) in [7, 11) is 0. The molecule has 1 aromatic rings. The summed E-state index contributed by atoms with van der Waals surface area (Å²) in [4.78, 5) is 22.2. The largest absolute Gasteiger partial charge is 0.508 e. The van der Waals surface area contributed by atoms with Crippen molar-refractivity contribution in [2.75, 3.05) is 6.54 Å². The summed E-state index contributed by atoms with van der Waals surface area (Å²) < 4.78 is 4.79. The first-order valence-corrected chi connectivity index (χ1v) is 4.83. The Morgan fingerprint density at radius 3 is 2.62 bits per heavy atom. The SMILES string of the molecule is CCNC(=O)c1cc(O)cc(OC(C)=O)c1. The van der Waals surface area contributed by atoms with Crippen molar-refractivity contribution in [3.05, 3.63) is 23.8 Å². The summed E-state index contributed by atoms with van der Waals surface area (Å²) in [5.41, 5.74) is 0.248. The second-order valence-electron chi connectivity index (χ2n) is 3.17. The molecule has 5 nitrogen and oxygen atoms in total. The van der Waals surface area contributed by atoms with Gasteiger partial charge in [-0.25, -0.2) is 0 Å². The highest BCUT2D eigenvalue weighted by Gasteiger charge is 2.09. The number of aromatic hydroxyl groups is 1. The fourth-order valence-electron chi connectivity index (χ4n) is 1.20. The van der Waals surface area contributed by atoms with Crippen molar-refractivity contribution in [2.24, 2.45) is 0 Å². The van der Waals surface area contributed by atoms with Crippen LogP contribution in [-0.2, 0) is 4.79 Å². The molecule has 0 bridgehead atoms. The molecule has 0 fully saturated rings. The molecule has 0 unspecified atom stereocenters. The molecule has 16 heavy (non-hydrogen) atoms. The molecule has 0 radical (unpaired) electrons. The Hall–Kier alpha value is -2.04. The van der Waals surface area contributed by atoms with Gasteiger partial charge < -0.3 is 15.2 Å². The number of carbonyl (C=O) groups is 2. The Bertz CT molecular complexity index is 414. The number of hydrogen-bond donors (Lipinski definition) is 2. The number of phenols is 1. The van der Waals surface area contributed by atoms with Gasteiger partial charge in [0, 0.05) is 25.1 Å².